The van der Waals surface area contributed by atoms with Gasteiger partial charge in [0.25, 0.3) is 0 Å². The first-order valence-corrected chi connectivity index (χ1v) is 8.60. The van der Waals surface area contributed by atoms with Crippen molar-refractivity contribution in [2.24, 2.45) is 11.7 Å². The number of nitrogens with zero attached hydrogens (tertiary/aromatic N) is 1. The highest BCUT2D eigenvalue weighted by Crippen LogP contribution is 2.35. The molecule has 1 aromatic rings. The molecule has 120 valence electrons. The summed E-state index contributed by atoms with van der Waals surface area (Å²) in [7, 11) is 0. The summed E-state index contributed by atoms with van der Waals surface area (Å²) in [6.45, 7) is 13.4. The lowest BCUT2D eigenvalue weighted by Gasteiger charge is -2.47. The maximum Gasteiger partial charge on any atom is 0.0590 e. The van der Waals surface area contributed by atoms with Crippen molar-refractivity contribution in [3.05, 3.63) is 35.9 Å². The Morgan fingerprint density at radius 1 is 1.05 bits per heavy atom. The molecule has 0 bridgehead atoms. The van der Waals surface area contributed by atoms with E-state index in [9.17, 15) is 0 Å². The normalized spacial score (nSPS) is 16.2. The third-order valence-corrected chi connectivity index (χ3v) is 4.86. The van der Waals surface area contributed by atoms with Gasteiger partial charge in [0.05, 0.1) is 5.54 Å². The first kappa shape index (κ1) is 18.2. The van der Waals surface area contributed by atoms with Crippen LogP contribution in [-0.2, 0) is 5.54 Å². The lowest BCUT2D eigenvalue weighted by Crippen LogP contribution is -2.59. The van der Waals surface area contributed by atoms with Crippen LogP contribution in [0.25, 0.3) is 0 Å². The molecule has 2 unspecified atom stereocenters. The summed E-state index contributed by atoms with van der Waals surface area (Å²) in [5, 5.41) is 0. The van der Waals surface area contributed by atoms with Crippen molar-refractivity contribution < 1.29 is 0 Å². The van der Waals surface area contributed by atoms with Crippen LogP contribution in [0.3, 0.4) is 0 Å². The van der Waals surface area contributed by atoms with E-state index in [4.69, 9.17) is 5.73 Å². The molecule has 0 aliphatic heterocycles. The van der Waals surface area contributed by atoms with E-state index < -0.39 is 0 Å². The fourth-order valence-electron chi connectivity index (χ4n) is 3.42. The lowest BCUT2D eigenvalue weighted by atomic mass is 9.72. The number of benzene rings is 1. The molecule has 0 heterocycles. The van der Waals surface area contributed by atoms with Crippen molar-refractivity contribution in [1.82, 2.24) is 4.90 Å². The Labute approximate surface area is 131 Å². The van der Waals surface area contributed by atoms with E-state index >= 15 is 0 Å². The summed E-state index contributed by atoms with van der Waals surface area (Å²) in [6.07, 6.45) is 3.63. The van der Waals surface area contributed by atoms with Gasteiger partial charge in [-0.05, 0) is 31.0 Å². The molecule has 1 rings (SSSR count). The van der Waals surface area contributed by atoms with E-state index in [1.165, 1.54) is 24.8 Å². The molecule has 0 amide bonds. The summed E-state index contributed by atoms with van der Waals surface area (Å²) in [6, 6.07) is 11.1. The predicted octanol–water partition coefficient (Wildman–Crippen LogP) is 4.40. The van der Waals surface area contributed by atoms with Crippen LogP contribution in [-0.4, -0.2) is 24.0 Å². The summed E-state index contributed by atoms with van der Waals surface area (Å²) >= 11 is 0. The predicted molar refractivity (Wildman–Crippen MR) is 93.4 cm³/mol. The molecule has 0 aliphatic rings. The fraction of sp³-hybridized carbons (Fsp3) is 0.684. The molecule has 21 heavy (non-hydrogen) atoms. The average molecular weight is 290 g/mol. The van der Waals surface area contributed by atoms with Gasteiger partial charge in [-0.2, -0.15) is 0 Å². The molecular weight excluding hydrogens is 256 g/mol. The SMILES string of the molecule is CCCCC(N(CC)CC)C(N)(c1ccccc1)C(C)C. The Bertz CT molecular complexity index is 384. The minimum Gasteiger partial charge on any atom is -0.320 e. The lowest BCUT2D eigenvalue weighted by molar-refractivity contribution is 0.0869. The van der Waals surface area contributed by atoms with Crippen molar-refractivity contribution in [1.29, 1.82) is 0 Å². The number of hydrogen-bond acceptors (Lipinski definition) is 2. The van der Waals surface area contributed by atoms with Crippen molar-refractivity contribution >= 4 is 0 Å². The number of likely N-dealkylation sites (N-methyl/N-ethyl adjacent to an activating group) is 1. The Morgan fingerprint density at radius 2 is 1.62 bits per heavy atom. The van der Waals surface area contributed by atoms with Crippen molar-refractivity contribution in [3.8, 4) is 0 Å². The van der Waals surface area contributed by atoms with Gasteiger partial charge in [0, 0.05) is 6.04 Å². The van der Waals surface area contributed by atoms with Crippen LogP contribution in [0.15, 0.2) is 30.3 Å². The quantitative estimate of drug-likeness (QED) is 0.730. The van der Waals surface area contributed by atoms with Crippen molar-refractivity contribution in [3.63, 3.8) is 0 Å². The highest BCUT2D eigenvalue weighted by Gasteiger charge is 2.41. The topological polar surface area (TPSA) is 29.3 Å². The summed E-state index contributed by atoms with van der Waals surface area (Å²) in [5.41, 5.74) is 8.04. The monoisotopic (exact) mass is 290 g/mol. The van der Waals surface area contributed by atoms with E-state index in [1.807, 2.05) is 0 Å². The van der Waals surface area contributed by atoms with Crippen LogP contribution in [0.5, 0.6) is 0 Å². The maximum absolute atomic E-state index is 7.06. The van der Waals surface area contributed by atoms with Gasteiger partial charge in [-0.25, -0.2) is 0 Å². The zero-order chi connectivity index (χ0) is 15.9. The van der Waals surface area contributed by atoms with Gasteiger partial charge < -0.3 is 5.73 Å². The number of nitrogens with two attached hydrogens (primary N) is 1. The molecule has 0 saturated heterocycles. The maximum atomic E-state index is 7.06. The first-order chi connectivity index (χ1) is 10.0. The molecule has 0 radical (unpaired) electrons. The minimum absolute atomic E-state index is 0.289. The minimum atomic E-state index is -0.289. The van der Waals surface area contributed by atoms with Gasteiger partial charge >= 0.3 is 0 Å². The molecule has 1 aromatic carbocycles. The van der Waals surface area contributed by atoms with E-state index in [0.717, 1.165) is 13.1 Å². The van der Waals surface area contributed by atoms with Gasteiger partial charge in [0.15, 0.2) is 0 Å². The van der Waals surface area contributed by atoms with Crippen LogP contribution in [0.1, 0.15) is 59.4 Å². The molecule has 2 N–H and O–H groups in total. The molecule has 0 saturated carbocycles. The summed E-state index contributed by atoms with van der Waals surface area (Å²) in [4.78, 5) is 2.54. The Hall–Kier alpha value is -0.860. The van der Waals surface area contributed by atoms with Gasteiger partial charge in [-0.1, -0.05) is 77.8 Å². The molecule has 0 aliphatic carbocycles. The van der Waals surface area contributed by atoms with Crippen LogP contribution in [0.4, 0.5) is 0 Å². The van der Waals surface area contributed by atoms with Crippen LogP contribution < -0.4 is 5.73 Å². The van der Waals surface area contributed by atoms with Gasteiger partial charge in [-0.3, -0.25) is 4.90 Å². The number of hydrogen-bond donors (Lipinski definition) is 1. The highest BCUT2D eigenvalue weighted by atomic mass is 15.2. The summed E-state index contributed by atoms with van der Waals surface area (Å²) in [5.74, 6) is 0.405. The van der Waals surface area contributed by atoms with Crippen molar-refractivity contribution in [2.45, 2.75) is 65.5 Å². The third kappa shape index (κ3) is 4.08. The second kappa shape index (κ2) is 8.55. The number of rotatable bonds is 9. The first-order valence-electron chi connectivity index (χ1n) is 8.60. The molecular formula is C19H34N2. The van der Waals surface area contributed by atoms with Gasteiger partial charge in [-0.15, -0.1) is 0 Å². The van der Waals surface area contributed by atoms with E-state index in [-0.39, 0.29) is 5.54 Å². The zero-order valence-corrected chi connectivity index (χ0v) is 14.6. The molecule has 0 aromatic heterocycles. The van der Waals surface area contributed by atoms with E-state index in [1.54, 1.807) is 0 Å². The average Bonchev–Trinajstić information content (AvgIpc) is 2.51. The molecule has 0 fully saturated rings. The van der Waals surface area contributed by atoms with Crippen LogP contribution in [0.2, 0.25) is 0 Å². The number of unbranched alkanes of at least 4 members (excludes halogenated alkanes) is 1. The second-order valence-corrected chi connectivity index (χ2v) is 6.33. The second-order valence-electron chi connectivity index (χ2n) is 6.33. The molecule has 0 spiro atoms. The van der Waals surface area contributed by atoms with Crippen molar-refractivity contribution in [2.75, 3.05) is 13.1 Å². The zero-order valence-electron chi connectivity index (χ0n) is 14.6. The van der Waals surface area contributed by atoms with E-state index in [0.29, 0.717) is 12.0 Å². The Balaban J connectivity index is 3.24. The fourth-order valence-corrected chi connectivity index (χ4v) is 3.42. The van der Waals surface area contributed by atoms with E-state index in [2.05, 4.69) is 69.9 Å². The highest BCUT2D eigenvalue weighted by molar-refractivity contribution is 5.27. The molecule has 2 nitrogen and oxygen atoms in total. The van der Waals surface area contributed by atoms with Crippen LogP contribution >= 0.6 is 0 Å². The van der Waals surface area contributed by atoms with Gasteiger partial charge in [0.2, 0.25) is 0 Å². The summed E-state index contributed by atoms with van der Waals surface area (Å²) < 4.78 is 0. The largest absolute Gasteiger partial charge is 0.320 e. The molecule has 2 atom stereocenters. The molecule has 2 heteroatoms. The third-order valence-electron chi connectivity index (χ3n) is 4.86. The Morgan fingerprint density at radius 3 is 2.05 bits per heavy atom. The Kier molecular flexibility index (Phi) is 7.41. The smallest absolute Gasteiger partial charge is 0.0590 e. The van der Waals surface area contributed by atoms with Crippen LogP contribution in [0, 0.1) is 5.92 Å². The standard InChI is InChI=1S/C19H34N2/c1-6-9-15-18(21(7-2)8-3)19(20,16(4)5)17-13-11-10-12-14-17/h10-14,16,18H,6-9,15,20H2,1-5H3. The van der Waals surface area contributed by atoms with Gasteiger partial charge in [0.1, 0.15) is 0 Å².